The molecular weight excluding hydrogens is 337 g/mol. The summed E-state index contributed by atoms with van der Waals surface area (Å²) in [5, 5.41) is 9.37. The third kappa shape index (κ3) is 6.15. The molecule has 3 N–H and O–H groups in total. The van der Waals surface area contributed by atoms with E-state index in [1.165, 1.54) is 29.8 Å². The molecule has 2 aromatic rings. The number of nitrogens with one attached hydrogen (secondary N) is 3. The van der Waals surface area contributed by atoms with Gasteiger partial charge in [0.15, 0.2) is 5.11 Å². The summed E-state index contributed by atoms with van der Waals surface area (Å²) < 4.78 is 12.8. The van der Waals surface area contributed by atoms with Crippen LogP contribution < -0.4 is 16.0 Å². The number of benzene rings is 2. The van der Waals surface area contributed by atoms with Gasteiger partial charge in [-0.1, -0.05) is 26.0 Å². The molecule has 0 aromatic heterocycles. The van der Waals surface area contributed by atoms with E-state index in [1.807, 2.05) is 12.1 Å². The Labute approximate surface area is 152 Å². The van der Waals surface area contributed by atoms with Crippen molar-refractivity contribution in [2.24, 2.45) is 0 Å². The van der Waals surface area contributed by atoms with Crippen molar-refractivity contribution in [1.29, 1.82) is 0 Å². The second-order valence-electron chi connectivity index (χ2n) is 5.92. The first kappa shape index (κ1) is 18.9. The van der Waals surface area contributed by atoms with Gasteiger partial charge in [0.1, 0.15) is 5.82 Å². The highest BCUT2D eigenvalue weighted by molar-refractivity contribution is 7.80. The van der Waals surface area contributed by atoms with Gasteiger partial charge in [-0.25, -0.2) is 4.39 Å². The number of carbonyl (C=O) groups excluding carboxylic acids is 1. The van der Waals surface area contributed by atoms with Gasteiger partial charge in [0.25, 0.3) is 5.91 Å². The molecule has 1 amide bonds. The molecule has 0 aliphatic rings. The van der Waals surface area contributed by atoms with Crippen molar-refractivity contribution in [3.05, 3.63) is 65.5 Å². The standard InChI is InChI=1S/C19H22FN3OS/c1-13(2)14-5-9-17(10-6-14)23-19(25)22-12-11-21-18(24)15-3-7-16(20)8-4-15/h3-10,13H,11-12H2,1-2H3,(H,21,24)(H2,22,23,25). The highest BCUT2D eigenvalue weighted by atomic mass is 32.1. The molecule has 4 nitrogen and oxygen atoms in total. The summed E-state index contributed by atoms with van der Waals surface area (Å²) in [5.74, 6) is -0.120. The molecule has 2 aromatic carbocycles. The average Bonchev–Trinajstić information content (AvgIpc) is 2.59. The Bertz CT molecular complexity index is 714. The van der Waals surface area contributed by atoms with Crippen LogP contribution in [0.2, 0.25) is 0 Å². The van der Waals surface area contributed by atoms with Crippen LogP contribution in [0, 0.1) is 5.82 Å². The van der Waals surface area contributed by atoms with Crippen molar-refractivity contribution >= 4 is 28.9 Å². The number of hydrogen-bond donors (Lipinski definition) is 3. The molecule has 0 heterocycles. The fraction of sp³-hybridized carbons (Fsp3) is 0.263. The molecular formula is C19H22FN3OS. The Morgan fingerprint density at radius 2 is 1.60 bits per heavy atom. The third-order valence-electron chi connectivity index (χ3n) is 3.64. The van der Waals surface area contributed by atoms with E-state index in [1.54, 1.807) is 0 Å². The lowest BCUT2D eigenvalue weighted by molar-refractivity contribution is 0.0954. The van der Waals surface area contributed by atoms with Crippen LogP contribution in [0.1, 0.15) is 35.7 Å². The maximum absolute atomic E-state index is 12.8. The number of halogens is 1. The van der Waals surface area contributed by atoms with E-state index < -0.39 is 0 Å². The highest BCUT2D eigenvalue weighted by Gasteiger charge is 2.05. The highest BCUT2D eigenvalue weighted by Crippen LogP contribution is 2.16. The molecule has 0 saturated heterocycles. The fourth-order valence-electron chi connectivity index (χ4n) is 2.18. The van der Waals surface area contributed by atoms with Crippen molar-refractivity contribution in [2.75, 3.05) is 18.4 Å². The van der Waals surface area contributed by atoms with Crippen molar-refractivity contribution in [3.63, 3.8) is 0 Å². The Morgan fingerprint density at radius 3 is 2.20 bits per heavy atom. The van der Waals surface area contributed by atoms with Gasteiger partial charge in [-0.05, 0) is 60.1 Å². The monoisotopic (exact) mass is 359 g/mol. The van der Waals surface area contributed by atoms with Gasteiger partial charge in [0.05, 0.1) is 0 Å². The van der Waals surface area contributed by atoms with Crippen molar-refractivity contribution < 1.29 is 9.18 Å². The number of hydrogen-bond acceptors (Lipinski definition) is 2. The summed E-state index contributed by atoms with van der Waals surface area (Å²) in [4.78, 5) is 11.9. The first-order valence-electron chi connectivity index (χ1n) is 8.14. The normalized spacial score (nSPS) is 10.4. The fourth-order valence-corrected chi connectivity index (χ4v) is 2.40. The van der Waals surface area contributed by atoms with Crippen LogP contribution in [0.4, 0.5) is 10.1 Å². The Kier molecular flexibility index (Phi) is 6.89. The van der Waals surface area contributed by atoms with Crippen molar-refractivity contribution in [1.82, 2.24) is 10.6 Å². The van der Waals surface area contributed by atoms with Gasteiger partial charge in [0, 0.05) is 24.3 Å². The maximum Gasteiger partial charge on any atom is 0.251 e. The van der Waals surface area contributed by atoms with E-state index in [0.29, 0.717) is 29.7 Å². The molecule has 0 radical (unpaired) electrons. The predicted octanol–water partition coefficient (Wildman–Crippen LogP) is 3.67. The van der Waals surface area contributed by atoms with Crippen molar-refractivity contribution in [2.45, 2.75) is 19.8 Å². The van der Waals surface area contributed by atoms with Gasteiger partial charge in [0.2, 0.25) is 0 Å². The first-order valence-corrected chi connectivity index (χ1v) is 8.55. The quantitative estimate of drug-likeness (QED) is 0.544. The second kappa shape index (κ2) is 9.13. The third-order valence-corrected chi connectivity index (χ3v) is 3.88. The first-order chi connectivity index (χ1) is 12.0. The number of amides is 1. The van der Waals surface area contributed by atoms with Gasteiger partial charge >= 0.3 is 0 Å². The molecule has 0 aliphatic carbocycles. The average molecular weight is 359 g/mol. The molecule has 0 fully saturated rings. The molecule has 0 unspecified atom stereocenters. The molecule has 0 saturated carbocycles. The second-order valence-corrected chi connectivity index (χ2v) is 6.33. The zero-order valence-electron chi connectivity index (χ0n) is 14.3. The van der Waals surface area contributed by atoms with E-state index in [2.05, 4.69) is 41.9 Å². The van der Waals surface area contributed by atoms with Crippen LogP contribution >= 0.6 is 12.2 Å². The molecule has 132 valence electrons. The van der Waals surface area contributed by atoms with Gasteiger partial charge in [-0.2, -0.15) is 0 Å². The number of rotatable bonds is 6. The lowest BCUT2D eigenvalue weighted by Gasteiger charge is -2.12. The summed E-state index contributed by atoms with van der Waals surface area (Å²) in [6.45, 7) is 5.19. The Hall–Kier alpha value is -2.47. The van der Waals surface area contributed by atoms with E-state index in [4.69, 9.17) is 12.2 Å². The predicted molar refractivity (Wildman–Crippen MR) is 103 cm³/mol. The molecule has 25 heavy (non-hydrogen) atoms. The minimum Gasteiger partial charge on any atom is -0.361 e. The Morgan fingerprint density at radius 1 is 1.00 bits per heavy atom. The minimum atomic E-state index is -0.365. The van der Waals surface area contributed by atoms with Crippen LogP contribution in [0.3, 0.4) is 0 Å². The zero-order valence-corrected chi connectivity index (χ0v) is 15.1. The van der Waals surface area contributed by atoms with Crippen LogP contribution in [-0.2, 0) is 0 Å². The Balaban J connectivity index is 1.69. The molecule has 0 bridgehead atoms. The SMILES string of the molecule is CC(C)c1ccc(NC(=S)NCCNC(=O)c2ccc(F)cc2)cc1. The van der Waals surface area contributed by atoms with E-state index in [9.17, 15) is 9.18 Å². The topological polar surface area (TPSA) is 53.2 Å². The number of carbonyl (C=O) groups is 1. The van der Waals surface area contributed by atoms with E-state index >= 15 is 0 Å². The van der Waals surface area contributed by atoms with E-state index in [0.717, 1.165) is 5.69 Å². The molecule has 0 atom stereocenters. The van der Waals surface area contributed by atoms with Crippen LogP contribution in [0.5, 0.6) is 0 Å². The summed E-state index contributed by atoms with van der Waals surface area (Å²) in [5.41, 5.74) is 2.61. The van der Waals surface area contributed by atoms with Gasteiger partial charge < -0.3 is 16.0 Å². The molecule has 6 heteroatoms. The smallest absolute Gasteiger partial charge is 0.251 e. The maximum atomic E-state index is 12.8. The summed E-state index contributed by atoms with van der Waals surface area (Å²) in [6.07, 6.45) is 0. The van der Waals surface area contributed by atoms with Crippen molar-refractivity contribution in [3.8, 4) is 0 Å². The van der Waals surface area contributed by atoms with Gasteiger partial charge in [-0.3, -0.25) is 4.79 Å². The van der Waals surface area contributed by atoms with Crippen LogP contribution in [0.15, 0.2) is 48.5 Å². The van der Waals surface area contributed by atoms with E-state index in [-0.39, 0.29) is 11.7 Å². The lowest BCUT2D eigenvalue weighted by atomic mass is 10.0. The molecule has 2 rings (SSSR count). The van der Waals surface area contributed by atoms with Crippen LogP contribution in [-0.4, -0.2) is 24.1 Å². The summed E-state index contributed by atoms with van der Waals surface area (Å²) in [6, 6.07) is 13.5. The van der Waals surface area contributed by atoms with Crippen LogP contribution in [0.25, 0.3) is 0 Å². The zero-order chi connectivity index (χ0) is 18.2. The van der Waals surface area contributed by atoms with Gasteiger partial charge in [-0.15, -0.1) is 0 Å². The summed E-state index contributed by atoms with van der Waals surface area (Å²) >= 11 is 5.23. The molecule has 0 spiro atoms. The number of thiocarbonyl (C=S) groups is 1. The number of anilines is 1. The minimum absolute atomic E-state index is 0.245. The largest absolute Gasteiger partial charge is 0.361 e. The lowest BCUT2D eigenvalue weighted by Crippen LogP contribution is -2.36. The summed E-state index contributed by atoms with van der Waals surface area (Å²) in [7, 11) is 0. The molecule has 0 aliphatic heterocycles.